The van der Waals surface area contributed by atoms with Gasteiger partial charge < -0.3 is 9.15 Å². The minimum absolute atomic E-state index is 0.284. The lowest BCUT2D eigenvalue weighted by Crippen LogP contribution is -1.98. The van der Waals surface area contributed by atoms with Gasteiger partial charge in [0.25, 0.3) is 6.47 Å². The molecule has 3 aromatic rings. The van der Waals surface area contributed by atoms with Crippen LogP contribution in [0.2, 0.25) is 0 Å². The topological polar surface area (TPSA) is 65.2 Å². The van der Waals surface area contributed by atoms with Crippen molar-refractivity contribution in [3.63, 3.8) is 0 Å². The van der Waals surface area contributed by atoms with Gasteiger partial charge in [-0.2, -0.15) is 0 Å². The van der Waals surface area contributed by atoms with Crippen LogP contribution in [-0.2, 0) is 16.0 Å². The highest BCUT2D eigenvalue weighted by molar-refractivity contribution is 5.93. The van der Waals surface area contributed by atoms with E-state index in [1.54, 1.807) is 6.20 Å². The SMILES string of the molecule is O=COCCc1ncoc1-c1ccnc2ccccc12. The van der Waals surface area contributed by atoms with E-state index in [1.807, 2.05) is 30.3 Å². The zero-order chi connectivity index (χ0) is 13.8. The number of fused-ring (bicyclic) bond motifs is 1. The highest BCUT2D eigenvalue weighted by Crippen LogP contribution is 2.29. The molecule has 0 saturated heterocycles. The Morgan fingerprint density at radius 2 is 2.10 bits per heavy atom. The summed E-state index contributed by atoms with van der Waals surface area (Å²) in [6.07, 6.45) is 3.66. The Labute approximate surface area is 115 Å². The molecule has 2 heterocycles. The van der Waals surface area contributed by atoms with Gasteiger partial charge >= 0.3 is 0 Å². The van der Waals surface area contributed by atoms with Crippen molar-refractivity contribution in [3.05, 3.63) is 48.6 Å². The van der Waals surface area contributed by atoms with E-state index in [-0.39, 0.29) is 6.61 Å². The van der Waals surface area contributed by atoms with E-state index in [0.717, 1.165) is 22.2 Å². The van der Waals surface area contributed by atoms with Crippen molar-refractivity contribution in [1.82, 2.24) is 9.97 Å². The zero-order valence-electron chi connectivity index (χ0n) is 10.7. The summed E-state index contributed by atoms with van der Waals surface area (Å²) in [6.45, 7) is 0.716. The number of hydrogen-bond acceptors (Lipinski definition) is 5. The highest BCUT2D eigenvalue weighted by Gasteiger charge is 2.13. The number of oxazole rings is 1. The molecule has 5 heteroatoms. The summed E-state index contributed by atoms with van der Waals surface area (Å²) >= 11 is 0. The molecule has 0 aliphatic carbocycles. The molecule has 0 N–H and O–H groups in total. The Kier molecular flexibility index (Phi) is 3.41. The molecule has 100 valence electrons. The quantitative estimate of drug-likeness (QED) is 0.525. The fraction of sp³-hybridized carbons (Fsp3) is 0.133. The van der Waals surface area contributed by atoms with E-state index in [9.17, 15) is 4.79 Å². The molecule has 0 aliphatic rings. The molecule has 0 amide bonds. The van der Waals surface area contributed by atoms with Crippen LogP contribution in [0.5, 0.6) is 0 Å². The predicted molar refractivity (Wildman–Crippen MR) is 73.0 cm³/mol. The fourth-order valence-electron chi connectivity index (χ4n) is 2.16. The van der Waals surface area contributed by atoms with Crippen molar-refractivity contribution in [2.24, 2.45) is 0 Å². The molecular weight excluding hydrogens is 256 g/mol. The summed E-state index contributed by atoms with van der Waals surface area (Å²) in [5, 5.41) is 1.00. The van der Waals surface area contributed by atoms with Crippen LogP contribution in [0.4, 0.5) is 0 Å². The number of benzene rings is 1. The Morgan fingerprint density at radius 3 is 3.00 bits per heavy atom. The number of hydrogen-bond donors (Lipinski definition) is 0. The smallest absolute Gasteiger partial charge is 0.293 e. The summed E-state index contributed by atoms with van der Waals surface area (Å²) in [6, 6.07) is 9.74. The molecule has 0 saturated carbocycles. The van der Waals surface area contributed by atoms with Crippen molar-refractivity contribution >= 4 is 17.4 Å². The lowest BCUT2D eigenvalue weighted by atomic mass is 10.0. The Bertz CT molecular complexity index is 731. The van der Waals surface area contributed by atoms with Crippen molar-refractivity contribution in [1.29, 1.82) is 0 Å². The van der Waals surface area contributed by atoms with Gasteiger partial charge in [0.15, 0.2) is 12.2 Å². The summed E-state index contributed by atoms with van der Waals surface area (Å²) < 4.78 is 10.2. The number of aromatic nitrogens is 2. The standard InChI is InChI=1S/C15H12N2O3/c18-10-19-8-6-14-15(20-9-17-14)12-5-7-16-13-4-2-1-3-11(12)13/h1-5,7,9-10H,6,8H2. The van der Waals surface area contributed by atoms with Crippen molar-refractivity contribution in [3.8, 4) is 11.3 Å². The molecule has 1 aromatic carbocycles. The first kappa shape index (κ1) is 12.3. The number of ether oxygens (including phenoxy) is 1. The van der Waals surface area contributed by atoms with E-state index in [4.69, 9.17) is 9.15 Å². The van der Waals surface area contributed by atoms with Gasteiger partial charge in [0, 0.05) is 23.6 Å². The number of carbonyl (C=O) groups excluding carboxylic acids is 1. The van der Waals surface area contributed by atoms with Gasteiger partial charge in [-0.15, -0.1) is 0 Å². The van der Waals surface area contributed by atoms with Crippen molar-refractivity contribution in [2.75, 3.05) is 6.61 Å². The van der Waals surface area contributed by atoms with Crippen LogP contribution in [0, 0.1) is 0 Å². The predicted octanol–water partition coefficient (Wildman–Crippen LogP) is 2.61. The van der Waals surface area contributed by atoms with Crippen molar-refractivity contribution in [2.45, 2.75) is 6.42 Å². The fourth-order valence-corrected chi connectivity index (χ4v) is 2.16. The first-order valence-electron chi connectivity index (χ1n) is 6.22. The van der Waals surface area contributed by atoms with Crippen LogP contribution >= 0.6 is 0 Å². The average molecular weight is 268 g/mol. The second kappa shape index (κ2) is 5.52. The summed E-state index contributed by atoms with van der Waals surface area (Å²) in [5.41, 5.74) is 2.61. The minimum atomic E-state index is 0.284. The van der Waals surface area contributed by atoms with Crippen LogP contribution in [0.1, 0.15) is 5.69 Å². The number of rotatable bonds is 5. The van der Waals surface area contributed by atoms with Crippen molar-refractivity contribution < 1.29 is 13.9 Å². The lowest BCUT2D eigenvalue weighted by Gasteiger charge is -2.05. The molecule has 20 heavy (non-hydrogen) atoms. The molecule has 0 spiro atoms. The second-order valence-corrected chi connectivity index (χ2v) is 4.22. The first-order valence-corrected chi connectivity index (χ1v) is 6.22. The molecular formula is C15H12N2O3. The maximum atomic E-state index is 10.2. The monoisotopic (exact) mass is 268 g/mol. The number of carbonyl (C=O) groups is 1. The molecule has 0 fully saturated rings. The Hall–Kier alpha value is -2.69. The van der Waals surface area contributed by atoms with Crippen LogP contribution in [0.25, 0.3) is 22.2 Å². The summed E-state index contributed by atoms with van der Waals surface area (Å²) in [4.78, 5) is 18.7. The summed E-state index contributed by atoms with van der Waals surface area (Å²) in [5.74, 6) is 0.693. The minimum Gasteiger partial charge on any atom is -0.467 e. The van der Waals surface area contributed by atoms with Gasteiger partial charge in [0.1, 0.15) is 0 Å². The molecule has 3 rings (SSSR count). The molecule has 0 atom stereocenters. The molecule has 2 aromatic heterocycles. The van der Waals surface area contributed by atoms with E-state index >= 15 is 0 Å². The third kappa shape index (κ3) is 2.25. The molecule has 0 unspecified atom stereocenters. The number of nitrogens with zero attached hydrogens (tertiary/aromatic N) is 2. The maximum absolute atomic E-state index is 10.2. The summed E-state index contributed by atoms with van der Waals surface area (Å²) in [7, 11) is 0. The van der Waals surface area contributed by atoms with Crippen LogP contribution < -0.4 is 0 Å². The van der Waals surface area contributed by atoms with E-state index in [0.29, 0.717) is 18.7 Å². The van der Waals surface area contributed by atoms with Crippen LogP contribution in [0.3, 0.4) is 0 Å². The molecule has 5 nitrogen and oxygen atoms in total. The van der Waals surface area contributed by atoms with Gasteiger partial charge in [0.2, 0.25) is 0 Å². The maximum Gasteiger partial charge on any atom is 0.293 e. The molecule has 0 aliphatic heterocycles. The van der Waals surface area contributed by atoms with E-state index in [1.165, 1.54) is 6.39 Å². The van der Waals surface area contributed by atoms with Gasteiger partial charge in [0.05, 0.1) is 17.8 Å². The third-order valence-electron chi connectivity index (χ3n) is 3.06. The normalized spacial score (nSPS) is 10.6. The number of pyridine rings is 1. The third-order valence-corrected chi connectivity index (χ3v) is 3.06. The van der Waals surface area contributed by atoms with Gasteiger partial charge in [-0.25, -0.2) is 4.98 Å². The Balaban J connectivity index is 2.03. The molecule has 0 radical (unpaired) electrons. The zero-order valence-corrected chi connectivity index (χ0v) is 10.7. The van der Waals surface area contributed by atoms with Crippen LogP contribution in [0.15, 0.2) is 47.3 Å². The Morgan fingerprint density at radius 1 is 1.20 bits per heavy atom. The molecule has 0 bridgehead atoms. The average Bonchev–Trinajstić information content (AvgIpc) is 2.95. The van der Waals surface area contributed by atoms with Gasteiger partial charge in [-0.3, -0.25) is 9.78 Å². The lowest BCUT2D eigenvalue weighted by molar-refractivity contribution is -0.128. The van der Waals surface area contributed by atoms with Crippen LogP contribution in [-0.4, -0.2) is 23.0 Å². The second-order valence-electron chi connectivity index (χ2n) is 4.22. The first-order chi connectivity index (χ1) is 9.90. The largest absolute Gasteiger partial charge is 0.467 e. The van der Waals surface area contributed by atoms with Gasteiger partial charge in [-0.05, 0) is 12.1 Å². The van der Waals surface area contributed by atoms with Gasteiger partial charge in [-0.1, -0.05) is 18.2 Å². The van der Waals surface area contributed by atoms with E-state index in [2.05, 4.69) is 9.97 Å². The highest BCUT2D eigenvalue weighted by atomic mass is 16.5. The number of para-hydroxylation sites is 1. The van der Waals surface area contributed by atoms with E-state index < -0.39 is 0 Å².